The lowest BCUT2D eigenvalue weighted by atomic mass is 10.1. The molecule has 2 unspecified atom stereocenters. The first-order valence-electron chi connectivity index (χ1n) is 6.99. The lowest BCUT2D eigenvalue weighted by molar-refractivity contribution is -0.183. The first-order chi connectivity index (χ1) is 9.93. The molecule has 2 atom stereocenters. The van der Waals surface area contributed by atoms with Crippen molar-refractivity contribution in [2.75, 3.05) is 13.2 Å². The molecular weight excluding hydrogens is 250 g/mol. The zero-order valence-corrected chi connectivity index (χ0v) is 11.4. The van der Waals surface area contributed by atoms with E-state index in [1.165, 1.54) is 5.56 Å². The molecule has 1 saturated heterocycles. The van der Waals surface area contributed by atoms with Gasteiger partial charge < -0.3 is 14.8 Å². The van der Waals surface area contributed by atoms with Gasteiger partial charge in [-0.25, -0.2) is 0 Å². The molecule has 1 aliphatic heterocycles. The second-order valence-electron chi connectivity index (χ2n) is 4.88. The van der Waals surface area contributed by atoms with Gasteiger partial charge in [0.05, 0.1) is 19.3 Å². The van der Waals surface area contributed by atoms with Crippen LogP contribution >= 0.6 is 0 Å². The summed E-state index contributed by atoms with van der Waals surface area (Å²) in [5, 5.41) is 3.47. The molecule has 0 spiro atoms. The summed E-state index contributed by atoms with van der Waals surface area (Å²) in [6.07, 6.45) is -0.244. The molecule has 20 heavy (non-hydrogen) atoms. The largest absolute Gasteiger partial charge is 0.349 e. The number of ether oxygens (including phenoxy) is 2. The van der Waals surface area contributed by atoms with Gasteiger partial charge in [0.15, 0.2) is 6.29 Å². The van der Waals surface area contributed by atoms with Crippen molar-refractivity contribution in [1.29, 1.82) is 0 Å². The quantitative estimate of drug-likeness (QED) is 0.925. The molecule has 0 radical (unpaired) electrons. The smallest absolute Gasteiger partial charge is 0.177 e. The van der Waals surface area contributed by atoms with Gasteiger partial charge in [-0.1, -0.05) is 60.7 Å². The van der Waals surface area contributed by atoms with Crippen molar-refractivity contribution in [3.8, 4) is 0 Å². The van der Waals surface area contributed by atoms with Crippen molar-refractivity contribution < 1.29 is 9.47 Å². The molecule has 1 fully saturated rings. The molecule has 1 aliphatic rings. The van der Waals surface area contributed by atoms with E-state index in [1.54, 1.807) is 0 Å². The third-order valence-electron chi connectivity index (χ3n) is 3.44. The van der Waals surface area contributed by atoms with Gasteiger partial charge in [-0.05, 0) is 11.1 Å². The summed E-state index contributed by atoms with van der Waals surface area (Å²) in [6.45, 7) is 2.10. The summed E-state index contributed by atoms with van der Waals surface area (Å²) in [6, 6.07) is 20.6. The summed E-state index contributed by atoms with van der Waals surface area (Å²) < 4.78 is 11.7. The van der Waals surface area contributed by atoms with Crippen molar-refractivity contribution in [3.63, 3.8) is 0 Å². The van der Waals surface area contributed by atoms with Gasteiger partial charge in [0.1, 0.15) is 0 Å². The first-order valence-corrected chi connectivity index (χ1v) is 6.99. The highest BCUT2D eigenvalue weighted by Gasteiger charge is 2.27. The van der Waals surface area contributed by atoms with Gasteiger partial charge in [-0.15, -0.1) is 0 Å². The topological polar surface area (TPSA) is 30.5 Å². The molecule has 0 saturated carbocycles. The van der Waals surface area contributed by atoms with E-state index in [0.717, 1.165) is 12.1 Å². The molecule has 3 nitrogen and oxygen atoms in total. The number of morpholine rings is 1. The molecule has 2 aromatic rings. The number of nitrogens with one attached hydrogen (secondary N) is 1. The molecular formula is C17H19NO2. The van der Waals surface area contributed by atoms with Crippen LogP contribution in [0.1, 0.15) is 17.2 Å². The predicted octanol–water partition coefficient (Wildman–Crippen LogP) is 2.89. The molecule has 0 aromatic heterocycles. The third-order valence-corrected chi connectivity index (χ3v) is 3.44. The molecule has 0 bridgehead atoms. The van der Waals surface area contributed by atoms with Crippen LogP contribution in [0.5, 0.6) is 0 Å². The summed E-state index contributed by atoms with van der Waals surface area (Å²) in [5.41, 5.74) is 2.36. The van der Waals surface area contributed by atoms with E-state index >= 15 is 0 Å². The highest BCUT2D eigenvalue weighted by atomic mass is 16.7. The maximum Gasteiger partial charge on any atom is 0.177 e. The average Bonchev–Trinajstić information content (AvgIpc) is 2.55. The molecule has 1 N–H and O–H groups in total. The van der Waals surface area contributed by atoms with Gasteiger partial charge in [0, 0.05) is 6.54 Å². The Hall–Kier alpha value is -1.68. The molecule has 1 heterocycles. The zero-order valence-electron chi connectivity index (χ0n) is 11.4. The predicted molar refractivity (Wildman–Crippen MR) is 78.2 cm³/mol. The number of benzene rings is 2. The molecule has 2 aromatic carbocycles. The summed E-state index contributed by atoms with van der Waals surface area (Å²) in [7, 11) is 0. The van der Waals surface area contributed by atoms with E-state index in [1.807, 2.05) is 36.4 Å². The van der Waals surface area contributed by atoms with E-state index in [0.29, 0.717) is 13.2 Å². The van der Waals surface area contributed by atoms with E-state index in [4.69, 9.17) is 9.47 Å². The monoisotopic (exact) mass is 269 g/mol. The van der Waals surface area contributed by atoms with Crippen LogP contribution in [-0.2, 0) is 16.1 Å². The summed E-state index contributed by atoms with van der Waals surface area (Å²) in [4.78, 5) is 0. The van der Waals surface area contributed by atoms with Crippen molar-refractivity contribution in [1.82, 2.24) is 5.32 Å². The zero-order chi connectivity index (χ0) is 13.6. The number of rotatable bonds is 4. The summed E-state index contributed by atoms with van der Waals surface area (Å²) in [5.74, 6) is 0. The molecule has 3 rings (SSSR count). The third kappa shape index (κ3) is 3.25. The van der Waals surface area contributed by atoms with Gasteiger partial charge in [0.2, 0.25) is 0 Å². The highest BCUT2D eigenvalue weighted by molar-refractivity contribution is 5.20. The SMILES string of the molecule is c1ccc(COC2OCCNC2c2ccccc2)cc1. The number of hydrogen-bond donors (Lipinski definition) is 1. The molecule has 0 amide bonds. The van der Waals surface area contributed by atoms with Crippen molar-refractivity contribution in [3.05, 3.63) is 71.8 Å². The standard InChI is InChI=1S/C17H19NO2/c1-3-7-14(8-4-1)13-20-17-16(18-11-12-19-17)15-9-5-2-6-10-15/h1-10,16-18H,11-13H2. The highest BCUT2D eigenvalue weighted by Crippen LogP contribution is 2.23. The average molecular weight is 269 g/mol. The van der Waals surface area contributed by atoms with E-state index in [2.05, 4.69) is 29.6 Å². The van der Waals surface area contributed by atoms with Crippen molar-refractivity contribution >= 4 is 0 Å². The maximum absolute atomic E-state index is 5.95. The van der Waals surface area contributed by atoms with Crippen LogP contribution in [-0.4, -0.2) is 19.4 Å². The fourth-order valence-corrected chi connectivity index (χ4v) is 2.41. The van der Waals surface area contributed by atoms with Gasteiger partial charge in [-0.2, -0.15) is 0 Å². The van der Waals surface area contributed by atoms with E-state index < -0.39 is 0 Å². The Balaban J connectivity index is 1.67. The van der Waals surface area contributed by atoms with Gasteiger partial charge in [-0.3, -0.25) is 0 Å². The summed E-state index contributed by atoms with van der Waals surface area (Å²) >= 11 is 0. The van der Waals surface area contributed by atoms with Crippen molar-refractivity contribution in [2.45, 2.75) is 18.9 Å². The fourth-order valence-electron chi connectivity index (χ4n) is 2.41. The van der Waals surface area contributed by atoms with Crippen LogP contribution in [0.2, 0.25) is 0 Å². The van der Waals surface area contributed by atoms with Crippen molar-refractivity contribution in [2.24, 2.45) is 0 Å². The van der Waals surface area contributed by atoms with E-state index in [9.17, 15) is 0 Å². The lowest BCUT2D eigenvalue weighted by Gasteiger charge is -2.32. The Kier molecular flexibility index (Phi) is 4.43. The first kappa shape index (κ1) is 13.3. The molecule has 0 aliphatic carbocycles. The minimum Gasteiger partial charge on any atom is -0.349 e. The Morgan fingerprint density at radius 2 is 1.70 bits per heavy atom. The van der Waals surface area contributed by atoms with Crippen LogP contribution in [0.25, 0.3) is 0 Å². The minimum atomic E-state index is -0.244. The van der Waals surface area contributed by atoms with Gasteiger partial charge >= 0.3 is 0 Å². The van der Waals surface area contributed by atoms with E-state index in [-0.39, 0.29) is 12.3 Å². The normalized spacial score (nSPS) is 22.6. The maximum atomic E-state index is 5.95. The lowest BCUT2D eigenvalue weighted by Crippen LogP contribution is -2.43. The van der Waals surface area contributed by atoms with Crippen LogP contribution in [0.3, 0.4) is 0 Å². The van der Waals surface area contributed by atoms with Crippen LogP contribution < -0.4 is 5.32 Å². The van der Waals surface area contributed by atoms with Crippen LogP contribution in [0.4, 0.5) is 0 Å². The minimum absolute atomic E-state index is 0.0914. The number of hydrogen-bond acceptors (Lipinski definition) is 3. The van der Waals surface area contributed by atoms with Crippen LogP contribution in [0, 0.1) is 0 Å². The Bertz CT molecular complexity index is 515. The Labute approximate surface area is 119 Å². The van der Waals surface area contributed by atoms with Gasteiger partial charge in [0.25, 0.3) is 0 Å². The van der Waals surface area contributed by atoms with Crippen LogP contribution in [0.15, 0.2) is 60.7 Å². The Morgan fingerprint density at radius 3 is 2.45 bits per heavy atom. The Morgan fingerprint density at radius 1 is 1.00 bits per heavy atom. The molecule has 104 valence electrons. The molecule has 3 heteroatoms. The fraction of sp³-hybridized carbons (Fsp3) is 0.294. The second-order valence-corrected chi connectivity index (χ2v) is 4.88. The second kappa shape index (κ2) is 6.66.